The SMILES string of the molecule is CCNC(=NCC(=O)Nc1ccc(O)cc1)NCCCN1CCC(C)CC1.I. The molecular formula is C20H34IN5O2. The van der Waals surface area contributed by atoms with E-state index in [1.54, 1.807) is 12.1 Å². The Hall–Kier alpha value is -1.55. The fraction of sp³-hybridized carbons (Fsp3) is 0.600. The summed E-state index contributed by atoms with van der Waals surface area (Å²) in [5, 5.41) is 18.5. The van der Waals surface area contributed by atoms with Gasteiger partial charge in [-0.3, -0.25) is 4.79 Å². The van der Waals surface area contributed by atoms with E-state index in [0.29, 0.717) is 11.6 Å². The average molecular weight is 503 g/mol. The number of amides is 1. The molecule has 1 aliphatic rings. The van der Waals surface area contributed by atoms with Crippen molar-refractivity contribution in [1.82, 2.24) is 15.5 Å². The number of anilines is 1. The van der Waals surface area contributed by atoms with Crippen LogP contribution in [0.2, 0.25) is 0 Å². The molecule has 1 aromatic rings. The second-order valence-electron chi connectivity index (χ2n) is 7.09. The number of phenolic OH excluding ortho intramolecular Hbond substituents is 1. The quantitative estimate of drug-likeness (QED) is 0.144. The summed E-state index contributed by atoms with van der Waals surface area (Å²) in [6.45, 7) is 9.45. The number of benzene rings is 1. The predicted octanol–water partition coefficient (Wildman–Crippen LogP) is 2.63. The number of aromatic hydroxyl groups is 1. The zero-order chi connectivity index (χ0) is 19.5. The van der Waals surface area contributed by atoms with E-state index in [9.17, 15) is 9.90 Å². The largest absolute Gasteiger partial charge is 0.508 e. The first-order valence-corrected chi connectivity index (χ1v) is 9.90. The molecule has 8 heteroatoms. The third-order valence-electron chi connectivity index (χ3n) is 4.70. The molecule has 0 atom stereocenters. The molecule has 0 bridgehead atoms. The van der Waals surface area contributed by atoms with Crippen molar-refractivity contribution in [3.05, 3.63) is 24.3 Å². The van der Waals surface area contributed by atoms with E-state index in [-0.39, 0.29) is 42.2 Å². The summed E-state index contributed by atoms with van der Waals surface area (Å²) in [6.07, 6.45) is 3.65. The molecule has 1 fully saturated rings. The Kier molecular flexibility index (Phi) is 11.9. The van der Waals surface area contributed by atoms with Crippen LogP contribution in [-0.2, 0) is 4.79 Å². The molecule has 1 amide bonds. The van der Waals surface area contributed by atoms with Crippen molar-refractivity contribution < 1.29 is 9.90 Å². The summed E-state index contributed by atoms with van der Waals surface area (Å²) in [6, 6.07) is 6.38. The number of hydrogen-bond acceptors (Lipinski definition) is 4. The highest BCUT2D eigenvalue weighted by molar-refractivity contribution is 14.0. The van der Waals surface area contributed by atoms with Gasteiger partial charge in [-0.25, -0.2) is 4.99 Å². The molecule has 1 aliphatic heterocycles. The molecule has 1 heterocycles. The number of rotatable bonds is 8. The van der Waals surface area contributed by atoms with Crippen LogP contribution in [0.25, 0.3) is 0 Å². The first-order valence-electron chi connectivity index (χ1n) is 9.90. The van der Waals surface area contributed by atoms with Gasteiger partial charge in [-0.1, -0.05) is 6.92 Å². The van der Waals surface area contributed by atoms with Gasteiger partial charge in [0, 0.05) is 18.8 Å². The summed E-state index contributed by atoms with van der Waals surface area (Å²) in [4.78, 5) is 18.9. The van der Waals surface area contributed by atoms with Crippen LogP contribution in [-0.4, -0.2) is 61.1 Å². The number of halogens is 1. The molecular weight excluding hydrogens is 469 g/mol. The highest BCUT2D eigenvalue weighted by Gasteiger charge is 2.14. The van der Waals surface area contributed by atoms with Crippen LogP contribution >= 0.6 is 24.0 Å². The van der Waals surface area contributed by atoms with Crippen LogP contribution < -0.4 is 16.0 Å². The van der Waals surface area contributed by atoms with Crippen molar-refractivity contribution in [1.29, 1.82) is 0 Å². The van der Waals surface area contributed by atoms with Gasteiger partial charge in [0.25, 0.3) is 0 Å². The second-order valence-corrected chi connectivity index (χ2v) is 7.09. The summed E-state index contributed by atoms with van der Waals surface area (Å²) < 4.78 is 0. The van der Waals surface area contributed by atoms with Gasteiger partial charge < -0.3 is 26.0 Å². The number of nitrogens with one attached hydrogen (secondary N) is 3. The van der Waals surface area contributed by atoms with Crippen LogP contribution in [0.4, 0.5) is 5.69 Å². The third-order valence-corrected chi connectivity index (χ3v) is 4.70. The van der Waals surface area contributed by atoms with Crippen LogP contribution in [0.15, 0.2) is 29.3 Å². The van der Waals surface area contributed by atoms with Crippen molar-refractivity contribution in [2.24, 2.45) is 10.9 Å². The topological polar surface area (TPSA) is 89.0 Å². The molecule has 4 N–H and O–H groups in total. The Bertz CT molecular complexity index is 601. The lowest BCUT2D eigenvalue weighted by Gasteiger charge is -2.30. The minimum absolute atomic E-state index is 0. The van der Waals surface area contributed by atoms with Gasteiger partial charge in [-0.05, 0) is 76.0 Å². The van der Waals surface area contributed by atoms with Crippen molar-refractivity contribution in [3.63, 3.8) is 0 Å². The van der Waals surface area contributed by atoms with Gasteiger partial charge in [0.15, 0.2) is 5.96 Å². The summed E-state index contributed by atoms with van der Waals surface area (Å²) in [5.41, 5.74) is 0.641. The van der Waals surface area contributed by atoms with E-state index >= 15 is 0 Å². The standard InChI is InChI=1S/C20H33N5O2.HI/c1-3-21-20(22-11-4-12-25-13-9-16(2)10-14-25)23-15-19(27)24-17-5-7-18(26)8-6-17;/h5-8,16,26H,3-4,9-15H2,1-2H3,(H,24,27)(H2,21,22,23);1H. The van der Waals surface area contributed by atoms with Crippen molar-refractivity contribution in [2.75, 3.05) is 44.6 Å². The van der Waals surface area contributed by atoms with Crippen molar-refractivity contribution >= 4 is 41.5 Å². The Morgan fingerprint density at radius 2 is 1.89 bits per heavy atom. The molecule has 158 valence electrons. The number of nitrogens with zero attached hydrogens (tertiary/aromatic N) is 2. The number of carbonyl (C=O) groups excluding carboxylic acids is 1. The number of hydrogen-bond donors (Lipinski definition) is 4. The number of phenols is 1. The first-order chi connectivity index (χ1) is 13.1. The van der Waals surface area contributed by atoms with Crippen LogP contribution in [0.1, 0.15) is 33.1 Å². The molecule has 0 spiro atoms. The van der Waals surface area contributed by atoms with E-state index in [2.05, 4.69) is 32.8 Å². The number of piperidine rings is 1. The summed E-state index contributed by atoms with van der Waals surface area (Å²) >= 11 is 0. The number of likely N-dealkylation sites (tertiary alicyclic amines) is 1. The minimum Gasteiger partial charge on any atom is -0.508 e. The van der Waals surface area contributed by atoms with Gasteiger partial charge in [0.1, 0.15) is 12.3 Å². The van der Waals surface area contributed by atoms with Crippen LogP contribution in [0.5, 0.6) is 5.75 Å². The predicted molar refractivity (Wildman–Crippen MR) is 126 cm³/mol. The molecule has 1 aromatic carbocycles. The maximum Gasteiger partial charge on any atom is 0.246 e. The summed E-state index contributed by atoms with van der Waals surface area (Å²) in [5.74, 6) is 1.49. The second kappa shape index (κ2) is 13.6. The van der Waals surface area contributed by atoms with Crippen LogP contribution in [0, 0.1) is 5.92 Å². The molecule has 0 unspecified atom stereocenters. The van der Waals surface area contributed by atoms with Gasteiger partial charge in [0.2, 0.25) is 5.91 Å². The highest BCUT2D eigenvalue weighted by Crippen LogP contribution is 2.15. The lowest BCUT2D eigenvalue weighted by Crippen LogP contribution is -2.40. The maximum absolute atomic E-state index is 12.0. The minimum atomic E-state index is -0.194. The van der Waals surface area contributed by atoms with Crippen LogP contribution in [0.3, 0.4) is 0 Å². The van der Waals surface area contributed by atoms with E-state index < -0.39 is 0 Å². The zero-order valence-electron chi connectivity index (χ0n) is 16.9. The molecule has 0 saturated carbocycles. The third kappa shape index (κ3) is 9.59. The average Bonchev–Trinajstić information content (AvgIpc) is 2.66. The van der Waals surface area contributed by atoms with Crippen molar-refractivity contribution in [2.45, 2.75) is 33.1 Å². The van der Waals surface area contributed by atoms with Crippen molar-refractivity contribution in [3.8, 4) is 5.75 Å². The molecule has 2 rings (SSSR count). The van der Waals surface area contributed by atoms with E-state index in [1.807, 2.05) is 6.92 Å². The zero-order valence-corrected chi connectivity index (χ0v) is 19.2. The lowest BCUT2D eigenvalue weighted by molar-refractivity contribution is -0.114. The lowest BCUT2D eigenvalue weighted by atomic mass is 9.99. The molecule has 1 saturated heterocycles. The normalized spacial score (nSPS) is 15.6. The smallest absolute Gasteiger partial charge is 0.246 e. The molecule has 0 aliphatic carbocycles. The number of guanidine groups is 1. The highest BCUT2D eigenvalue weighted by atomic mass is 127. The fourth-order valence-corrected chi connectivity index (χ4v) is 3.03. The maximum atomic E-state index is 12.0. The van der Waals surface area contributed by atoms with Gasteiger partial charge >= 0.3 is 0 Å². The summed E-state index contributed by atoms with van der Waals surface area (Å²) in [7, 11) is 0. The van der Waals surface area contributed by atoms with Gasteiger partial charge in [-0.2, -0.15) is 0 Å². The Labute approximate surface area is 185 Å². The Balaban J connectivity index is 0.00000392. The van der Waals surface area contributed by atoms with E-state index in [1.165, 1.54) is 38.1 Å². The Morgan fingerprint density at radius 1 is 1.21 bits per heavy atom. The molecule has 7 nitrogen and oxygen atoms in total. The van der Waals surface area contributed by atoms with E-state index in [4.69, 9.17) is 0 Å². The Morgan fingerprint density at radius 3 is 2.54 bits per heavy atom. The first kappa shape index (κ1) is 24.5. The number of carbonyl (C=O) groups is 1. The molecule has 28 heavy (non-hydrogen) atoms. The fourth-order valence-electron chi connectivity index (χ4n) is 3.03. The molecule has 0 aromatic heterocycles. The van der Waals surface area contributed by atoms with Gasteiger partial charge in [0.05, 0.1) is 0 Å². The van der Waals surface area contributed by atoms with E-state index in [0.717, 1.165) is 32.0 Å². The molecule has 0 radical (unpaired) electrons. The van der Waals surface area contributed by atoms with Gasteiger partial charge in [-0.15, -0.1) is 24.0 Å². The monoisotopic (exact) mass is 503 g/mol. The number of aliphatic imine (C=N–C) groups is 1.